The maximum Gasteiger partial charge on any atom is 0.328 e. The van der Waals surface area contributed by atoms with E-state index in [1.165, 1.54) is 0 Å². The Morgan fingerprint density at radius 3 is 2.42 bits per heavy atom. The number of ether oxygens (including phenoxy) is 2. The van der Waals surface area contributed by atoms with Crippen LogP contribution in [0.5, 0.6) is 0 Å². The fourth-order valence-electron chi connectivity index (χ4n) is 3.51. The topological polar surface area (TPSA) is 120 Å². The summed E-state index contributed by atoms with van der Waals surface area (Å²) in [4.78, 5) is 36.5. The van der Waals surface area contributed by atoms with Crippen molar-refractivity contribution in [3.8, 4) is 0 Å². The molecule has 2 rings (SSSR count). The lowest BCUT2D eigenvalue weighted by molar-refractivity contribution is -0.498. The first-order valence-electron chi connectivity index (χ1n) is 10.7. The summed E-state index contributed by atoms with van der Waals surface area (Å²) < 4.78 is 10.5. The number of esters is 1. The molecule has 1 fully saturated rings. The van der Waals surface area contributed by atoms with Crippen molar-refractivity contribution in [2.45, 2.75) is 57.7 Å². The van der Waals surface area contributed by atoms with Gasteiger partial charge in [0, 0.05) is 11.3 Å². The minimum absolute atomic E-state index is 0.163. The van der Waals surface area contributed by atoms with Crippen LogP contribution >= 0.6 is 0 Å². The van der Waals surface area contributed by atoms with Gasteiger partial charge in [-0.3, -0.25) is 20.2 Å². The molecule has 9 nitrogen and oxygen atoms in total. The Bertz CT molecular complexity index is 736. The van der Waals surface area contributed by atoms with Crippen LogP contribution in [-0.4, -0.2) is 60.8 Å². The summed E-state index contributed by atoms with van der Waals surface area (Å²) in [5.74, 6) is -0.705. The summed E-state index contributed by atoms with van der Waals surface area (Å²) in [6.07, 6.45) is 1.44. The van der Waals surface area contributed by atoms with E-state index in [0.29, 0.717) is 19.3 Å². The van der Waals surface area contributed by atoms with E-state index < -0.39 is 28.5 Å². The van der Waals surface area contributed by atoms with Crippen molar-refractivity contribution >= 4 is 11.9 Å². The van der Waals surface area contributed by atoms with Gasteiger partial charge in [-0.1, -0.05) is 51.1 Å². The lowest BCUT2D eigenvalue weighted by Crippen LogP contribution is -2.69. The molecule has 1 aliphatic rings. The van der Waals surface area contributed by atoms with Crippen molar-refractivity contribution in [1.82, 2.24) is 10.6 Å². The molecule has 0 saturated carbocycles. The summed E-state index contributed by atoms with van der Waals surface area (Å²) in [6.45, 7) is 6.12. The van der Waals surface area contributed by atoms with Gasteiger partial charge in [0.2, 0.25) is 12.5 Å². The van der Waals surface area contributed by atoms with Gasteiger partial charge in [0.25, 0.3) is 0 Å². The predicted octanol–water partition coefficient (Wildman–Crippen LogP) is 1.72. The molecule has 31 heavy (non-hydrogen) atoms. The van der Waals surface area contributed by atoms with Crippen LogP contribution in [-0.2, 0) is 25.5 Å². The summed E-state index contributed by atoms with van der Waals surface area (Å²) >= 11 is 0. The summed E-state index contributed by atoms with van der Waals surface area (Å²) in [6, 6.07) is 7.84. The van der Waals surface area contributed by atoms with Gasteiger partial charge in [-0.15, -0.1) is 0 Å². The van der Waals surface area contributed by atoms with Gasteiger partial charge < -0.3 is 14.8 Å². The average Bonchev–Trinajstić information content (AvgIpc) is 2.69. The van der Waals surface area contributed by atoms with Gasteiger partial charge >= 0.3 is 5.97 Å². The third-order valence-corrected chi connectivity index (χ3v) is 5.02. The molecule has 0 bridgehead atoms. The third kappa shape index (κ3) is 7.91. The number of rotatable bonds is 13. The van der Waals surface area contributed by atoms with E-state index in [1.807, 2.05) is 51.1 Å². The molecule has 0 aliphatic carbocycles. The van der Waals surface area contributed by atoms with Crippen molar-refractivity contribution in [3.63, 3.8) is 0 Å². The maximum atomic E-state index is 13.2. The number of nitrogens with one attached hydrogen (secondary N) is 2. The fraction of sp³-hybridized carbons (Fsp3) is 0.636. The molecule has 1 aromatic carbocycles. The number of hydrogen-bond acceptors (Lipinski definition) is 7. The van der Waals surface area contributed by atoms with Crippen molar-refractivity contribution in [2.24, 2.45) is 5.92 Å². The second kappa shape index (κ2) is 11.8. The molecule has 0 aromatic heterocycles. The third-order valence-electron chi connectivity index (χ3n) is 5.02. The lowest BCUT2D eigenvalue weighted by atomic mass is 9.93. The zero-order valence-corrected chi connectivity index (χ0v) is 18.5. The minimum Gasteiger partial charge on any atom is -0.464 e. The molecule has 1 amide bonds. The van der Waals surface area contributed by atoms with E-state index in [0.717, 1.165) is 5.56 Å². The van der Waals surface area contributed by atoms with Gasteiger partial charge in [-0.2, -0.15) is 0 Å². The zero-order valence-electron chi connectivity index (χ0n) is 18.5. The molecule has 1 aliphatic heterocycles. The van der Waals surface area contributed by atoms with Crippen LogP contribution in [0.3, 0.4) is 0 Å². The fourth-order valence-corrected chi connectivity index (χ4v) is 3.51. The minimum atomic E-state index is -0.877. The summed E-state index contributed by atoms with van der Waals surface area (Å²) in [5, 5.41) is 17.1. The molecule has 1 heterocycles. The molecule has 172 valence electrons. The van der Waals surface area contributed by atoms with Crippen molar-refractivity contribution in [2.75, 3.05) is 26.4 Å². The number of hydrogen-bond donors (Lipinski definition) is 2. The standard InChI is InChI=1S/C22H33N3O6/c1-4-10-31-21(27)19(12-17-8-6-5-7-9-17)23-20(26)18(11-16(2)3)24-22(13-25(28)29)14-30-15-22/h5-9,16,18-19,24H,4,10-15H2,1-3H3,(H,23,26)/t18-,19-/m0/s1. The highest BCUT2D eigenvalue weighted by atomic mass is 16.6. The zero-order chi connectivity index (χ0) is 22.9. The van der Waals surface area contributed by atoms with E-state index in [9.17, 15) is 19.7 Å². The first-order valence-corrected chi connectivity index (χ1v) is 10.7. The first kappa shape index (κ1) is 24.7. The van der Waals surface area contributed by atoms with Gasteiger partial charge in [0.1, 0.15) is 11.6 Å². The molecule has 0 radical (unpaired) electrons. The highest BCUT2D eigenvalue weighted by Gasteiger charge is 2.46. The van der Waals surface area contributed by atoms with Crippen LogP contribution in [0.4, 0.5) is 0 Å². The second-order valence-electron chi connectivity index (χ2n) is 8.51. The van der Waals surface area contributed by atoms with Crippen LogP contribution in [0.15, 0.2) is 30.3 Å². The smallest absolute Gasteiger partial charge is 0.328 e. The van der Waals surface area contributed by atoms with Gasteiger partial charge in [-0.05, 0) is 24.3 Å². The molecule has 9 heteroatoms. The van der Waals surface area contributed by atoms with Gasteiger partial charge in [0.15, 0.2) is 0 Å². The van der Waals surface area contributed by atoms with Gasteiger partial charge in [-0.25, -0.2) is 4.79 Å². The maximum absolute atomic E-state index is 13.2. The predicted molar refractivity (Wildman–Crippen MR) is 115 cm³/mol. The first-order chi connectivity index (χ1) is 14.7. The van der Waals surface area contributed by atoms with Crippen LogP contribution in [0.1, 0.15) is 39.2 Å². The number of nitrogens with zero attached hydrogens (tertiary/aromatic N) is 1. The molecule has 1 saturated heterocycles. The monoisotopic (exact) mass is 435 g/mol. The normalized spacial score (nSPS) is 16.8. The summed E-state index contributed by atoms with van der Waals surface area (Å²) in [5.41, 5.74) is 0.0183. The molecule has 0 unspecified atom stereocenters. The van der Waals surface area contributed by atoms with E-state index >= 15 is 0 Å². The van der Waals surface area contributed by atoms with Crippen molar-refractivity contribution in [3.05, 3.63) is 46.0 Å². The lowest BCUT2D eigenvalue weighted by Gasteiger charge is -2.41. The Labute approximate surface area is 183 Å². The van der Waals surface area contributed by atoms with Crippen LogP contribution in [0.25, 0.3) is 0 Å². The van der Waals surface area contributed by atoms with Gasteiger partial charge in [0.05, 0.1) is 25.9 Å². The van der Waals surface area contributed by atoms with E-state index in [4.69, 9.17) is 9.47 Å². The number of benzene rings is 1. The number of carbonyl (C=O) groups is 2. The molecule has 0 spiro atoms. The Balaban J connectivity index is 2.15. The van der Waals surface area contributed by atoms with Crippen molar-refractivity contribution < 1.29 is 24.0 Å². The van der Waals surface area contributed by atoms with Crippen molar-refractivity contribution in [1.29, 1.82) is 0 Å². The van der Waals surface area contributed by atoms with E-state index in [2.05, 4.69) is 10.6 Å². The number of amides is 1. The molecule has 2 N–H and O–H groups in total. The Hall–Kier alpha value is -2.52. The van der Waals surface area contributed by atoms with Crippen LogP contribution in [0.2, 0.25) is 0 Å². The number of nitro groups is 1. The molecule has 2 atom stereocenters. The molecular formula is C22H33N3O6. The van der Waals surface area contributed by atoms with E-state index in [-0.39, 0.29) is 38.2 Å². The average molecular weight is 436 g/mol. The molecular weight excluding hydrogens is 402 g/mol. The Morgan fingerprint density at radius 2 is 1.90 bits per heavy atom. The highest BCUT2D eigenvalue weighted by Crippen LogP contribution is 2.20. The Kier molecular flexibility index (Phi) is 9.39. The van der Waals surface area contributed by atoms with Crippen LogP contribution < -0.4 is 10.6 Å². The largest absolute Gasteiger partial charge is 0.464 e. The Morgan fingerprint density at radius 1 is 1.23 bits per heavy atom. The molecule has 1 aromatic rings. The second-order valence-corrected chi connectivity index (χ2v) is 8.51. The van der Waals surface area contributed by atoms with Crippen LogP contribution in [0, 0.1) is 16.0 Å². The number of carbonyl (C=O) groups excluding carboxylic acids is 2. The highest BCUT2D eigenvalue weighted by molar-refractivity contribution is 5.87. The summed E-state index contributed by atoms with van der Waals surface area (Å²) in [7, 11) is 0. The van der Waals surface area contributed by atoms with E-state index in [1.54, 1.807) is 0 Å². The quantitative estimate of drug-likeness (QED) is 0.275. The SMILES string of the molecule is CCCOC(=O)[C@H](Cc1ccccc1)NC(=O)[C@H](CC(C)C)NC1(C[N+](=O)[O-])COC1.